The molecule has 1 heterocycles. The molecule has 0 aliphatic heterocycles. The van der Waals surface area contributed by atoms with Crippen LogP contribution in [0.25, 0.3) is 5.57 Å². The molecule has 0 spiro atoms. The highest BCUT2D eigenvalue weighted by atomic mass is 16.6. The van der Waals surface area contributed by atoms with Gasteiger partial charge >= 0.3 is 0 Å². The second kappa shape index (κ2) is 9.41. The lowest BCUT2D eigenvalue weighted by atomic mass is 9.77. The average molecular weight is 411 g/mol. The Morgan fingerprint density at radius 3 is 1.71 bits per heavy atom. The zero-order valence-electron chi connectivity index (χ0n) is 17.6. The lowest BCUT2D eigenvalue weighted by Crippen LogP contribution is -2.46. The highest BCUT2D eigenvalue weighted by molar-refractivity contribution is 5.67. The molecule has 5 nitrogen and oxygen atoms in total. The Bertz CT molecular complexity index is 1010. The van der Waals surface area contributed by atoms with E-state index in [9.17, 15) is 0 Å². The van der Waals surface area contributed by atoms with Crippen molar-refractivity contribution >= 4 is 11.4 Å². The fourth-order valence-corrected chi connectivity index (χ4v) is 3.89. The molecule has 0 aliphatic rings. The van der Waals surface area contributed by atoms with Crippen molar-refractivity contribution in [1.29, 1.82) is 0 Å². The molecule has 5 heteroatoms. The molecule has 0 saturated carbocycles. The summed E-state index contributed by atoms with van der Waals surface area (Å²) in [5, 5.41) is 15.0. The molecule has 0 amide bonds. The minimum absolute atomic E-state index is 0.495. The number of aromatic nitrogens is 2. The van der Waals surface area contributed by atoms with Crippen LogP contribution in [0.5, 0.6) is 0 Å². The first-order valence-electron chi connectivity index (χ1n) is 10.4. The van der Waals surface area contributed by atoms with Gasteiger partial charge < -0.3 is 5.32 Å². The Labute approximate surface area is 182 Å². The highest BCUT2D eigenvalue weighted by Gasteiger charge is 2.35. The predicted octanol–water partition coefficient (Wildman–Crippen LogP) is 5.10. The second-order valence-corrected chi connectivity index (χ2v) is 7.44. The van der Waals surface area contributed by atoms with Crippen molar-refractivity contribution in [3.8, 4) is 0 Å². The third kappa shape index (κ3) is 4.27. The summed E-state index contributed by atoms with van der Waals surface area (Å²) in [6.45, 7) is 7.13. The van der Waals surface area contributed by atoms with E-state index in [1.807, 2.05) is 25.1 Å². The first kappa shape index (κ1) is 20.6. The number of benzene rings is 3. The normalized spacial score (nSPS) is 11.3. The Hall–Kier alpha value is -3.70. The molecule has 4 aromatic rings. The average Bonchev–Trinajstić information content (AvgIpc) is 3.30. The number of nitrogens with one attached hydrogen (secondary N) is 2. The van der Waals surface area contributed by atoms with Crippen molar-refractivity contribution in [3.63, 3.8) is 0 Å². The van der Waals surface area contributed by atoms with Gasteiger partial charge in [0.15, 0.2) is 11.5 Å². The van der Waals surface area contributed by atoms with Crippen LogP contribution in [0, 0.1) is 0 Å². The largest absolute Gasteiger partial charge is 0.364 e. The zero-order valence-corrected chi connectivity index (χ0v) is 17.6. The van der Waals surface area contributed by atoms with Gasteiger partial charge in [-0.25, -0.2) is 4.63 Å². The fraction of sp³-hybridized carbons (Fsp3) is 0.154. The van der Waals surface area contributed by atoms with Crippen LogP contribution in [0.3, 0.4) is 0 Å². The third-order valence-electron chi connectivity index (χ3n) is 5.32. The van der Waals surface area contributed by atoms with Crippen LogP contribution in [-0.2, 0) is 5.54 Å². The van der Waals surface area contributed by atoms with Crippen LogP contribution in [0.2, 0.25) is 0 Å². The van der Waals surface area contributed by atoms with E-state index in [2.05, 4.69) is 100 Å². The van der Waals surface area contributed by atoms with Gasteiger partial charge in [0.25, 0.3) is 0 Å². The zero-order chi connectivity index (χ0) is 21.5. The maximum absolute atomic E-state index is 4.87. The molecule has 156 valence electrons. The van der Waals surface area contributed by atoms with Crippen molar-refractivity contribution in [2.45, 2.75) is 12.5 Å². The SMILES string of the molecule is C=C(C)c1nonc1NCCNC(c1ccccc1)(c1ccccc1)c1ccccc1. The van der Waals surface area contributed by atoms with Crippen LogP contribution in [0.15, 0.2) is 102 Å². The molecular formula is C26H26N4O. The van der Waals surface area contributed by atoms with E-state index in [0.29, 0.717) is 24.6 Å². The molecule has 0 saturated heterocycles. The summed E-state index contributed by atoms with van der Waals surface area (Å²) in [5.41, 5.74) is 4.50. The van der Waals surface area contributed by atoms with Crippen LogP contribution in [-0.4, -0.2) is 23.4 Å². The number of allylic oxidation sites excluding steroid dienone is 1. The lowest BCUT2D eigenvalue weighted by molar-refractivity contribution is 0.307. The van der Waals surface area contributed by atoms with Gasteiger partial charge in [-0.1, -0.05) is 97.6 Å². The molecule has 4 rings (SSSR count). The summed E-state index contributed by atoms with van der Waals surface area (Å²) in [5.74, 6) is 0.610. The molecule has 0 atom stereocenters. The molecule has 1 aromatic heterocycles. The molecule has 0 radical (unpaired) electrons. The summed E-state index contributed by atoms with van der Waals surface area (Å²) in [4.78, 5) is 0. The van der Waals surface area contributed by atoms with Crippen molar-refractivity contribution in [3.05, 3.63) is 120 Å². The van der Waals surface area contributed by atoms with Gasteiger partial charge in [-0.3, -0.25) is 5.32 Å². The highest BCUT2D eigenvalue weighted by Crippen LogP contribution is 2.36. The van der Waals surface area contributed by atoms with Crippen LogP contribution < -0.4 is 10.6 Å². The first-order valence-corrected chi connectivity index (χ1v) is 10.4. The number of hydrogen-bond acceptors (Lipinski definition) is 5. The van der Waals surface area contributed by atoms with E-state index >= 15 is 0 Å². The van der Waals surface area contributed by atoms with Crippen molar-refractivity contribution in [2.24, 2.45) is 0 Å². The molecule has 0 fully saturated rings. The summed E-state index contributed by atoms with van der Waals surface area (Å²) in [6.07, 6.45) is 0. The predicted molar refractivity (Wildman–Crippen MR) is 125 cm³/mol. The van der Waals surface area contributed by atoms with Crippen molar-refractivity contribution < 1.29 is 4.63 Å². The van der Waals surface area contributed by atoms with Gasteiger partial charge in [-0.15, -0.1) is 0 Å². The number of anilines is 1. The molecular weight excluding hydrogens is 384 g/mol. The van der Waals surface area contributed by atoms with Gasteiger partial charge in [0.05, 0.1) is 5.54 Å². The molecule has 3 aromatic carbocycles. The van der Waals surface area contributed by atoms with Crippen LogP contribution in [0.1, 0.15) is 29.3 Å². The summed E-state index contributed by atoms with van der Waals surface area (Å²) < 4.78 is 4.87. The van der Waals surface area contributed by atoms with E-state index in [4.69, 9.17) is 4.63 Å². The standard InChI is InChI=1S/C26H26N4O/c1-20(2)24-25(30-31-29-24)27-18-19-28-26(21-12-6-3-7-13-21,22-14-8-4-9-15-22)23-16-10-5-11-17-23/h3-17,28H,1,18-19H2,2H3,(H,27,30). The Kier molecular flexibility index (Phi) is 6.24. The first-order chi connectivity index (χ1) is 15.2. The smallest absolute Gasteiger partial charge is 0.198 e. The van der Waals surface area contributed by atoms with Crippen molar-refractivity contribution in [1.82, 2.24) is 15.6 Å². The monoisotopic (exact) mass is 410 g/mol. The Balaban J connectivity index is 1.67. The van der Waals surface area contributed by atoms with Crippen LogP contribution >= 0.6 is 0 Å². The van der Waals surface area contributed by atoms with Gasteiger partial charge in [0.1, 0.15) is 0 Å². The van der Waals surface area contributed by atoms with E-state index in [-0.39, 0.29) is 0 Å². The number of nitrogens with zero attached hydrogens (tertiary/aromatic N) is 2. The van der Waals surface area contributed by atoms with Crippen molar-refractivity contribution in [2.75, 3.05) is 18.4 Å². The minimum atomic E-state index is -0.495. The summed E-state index contributed by atoms with van der Waals surface area (Å²) in [6, 6.07) is 31.6. The lowest BCUT2D eigenvalue weighted by Gasteiger charge is -2.37. The quantitative estimate of drug-likeness (QED) is 0.297. The summed E-state index contributed by atoms with van der Waals surface area (Å²) in [7, 11) is 0. The van der Waals surface area contributed by atoms with Gasteiger partial charge in [0, 0.05) is 13.1 Å². The van der Waals surface area contributed by atoms with E-state index in [1.165, 1.54) is 16.7 Å². The topological polar surface area (TPSA) is 63.0 Å². The molecule has 31 heavy (non-hydrogen) atoms. The van der Waals surface area contributed by atoms with E-state index in [0.717, 1.165) is 5.57 Å². The summed E-state index contributed by atoms with van der Waals surface area (Å²) >= 11 is 0. The Morgan fingerprint density at radius 2 is 1.26 bits per heavy atom. The minimum Gasteiger partial charge on any atom is -0.364 e. The van der Waals surface area contributed by atoms with Gasteiger partial charge in [-0.05, 0) is 39.5 Å². The molecule has 0 unspecified atom stereocenters. The molecule has 2 N–H and O–H groups in total. The molecule has 0 bridgehead atoms. The third-order valence-corrected chi connectivity index (χ3v) is 5.32. The van der Waals surface area contributed by atoms with E-state index in [1.54, 1.807) is 0 Å². The second-order valence-electron chi connectivity index (χ2n) is 7.44. The number of rotatable bonds is 9. The van der Waals surface area contributed by atoms with E-state index < -0.39 is 5.54 Å². The fourth-order valence-electron chi connectivity index (χ4n) is 3.89. The van der Waals surface area contributed by atoms with Crippen LogP contribution in [0.4, 0.5) is 5.82 Å². The maximum Gasteiger partial charge on any atom is 0.198 e. The number of hydrogen-bond donors (Lipinski definition) is 2. The Morgan fingerprint density at radius 1 is 0.774 bits per heavy atom. The van der Waals surface area contributed by atoms with Gasteiger partial charge in [-0.2, -0.15) is 0 Å². The molecule has 0 aliphatic carbocycles. The maximum atomic E-state index is 4.87. The van der Waals surface area contributed by atoms with Gasteiger partial charge in [0.2, 0.25) is 0 Å².